The molecule has 1 atom stereocenters. The van der Waals surface area contributed by atoms with Crippen LogP contribution in [-0.2, 0) is 4.79 Å². The quantitative estimate of drug-likeness (QED) is 0.676. The first-order valence-corrected chi connectivity index (χ1v) is 8.38. The smallest absolute Gasteiger partial charge is 0.244 e. The summed E-state index contributed by atoms with van der Waals surface area (Å²) >= 11 is 6.25. The predicted octanol–water partition coefficient (Wildman–Crippen LogP) is 4.46. The molecule has 128 valence electrons. The summed E-state index contributed by atoms with van der Waals surface area (Å²) in [5.74, 6) is 0.979. The lowest BCUT2D eigenvalue weighted by atomic mass is 10.1. The molecule has 1 aromatic rings. The number of amides is 1. The van der Waals surface area contributed by atoms with Gasteiger partial charge in [0.15, 0.2) is 11.5 Å². The van der Waals surface area contributed by atoms with Crippen molar-refractivity contribution in [2.75, 3.05) is 13.7 Å². The van der Waals surface area contributed by atoms with E-state index in [1.54, 1.807) is 25.3 Å². The van der Waals surface area contributed by atoms with E-state index in [9.17, 15) is 4.79 Å². The molecule has 0 bridgehead atoms. The van der Waals surface area contributed by atoms with Gasteiger partial charge in [-0.25, -0.2) is 0 Å². The van der Waals surface area contributed by atoms with Gasteiger partial charge in [0.1, 0.15) is 0 Å². The molecule has 0 heterocycles. The van der Waals surface area contributed by atoms with Crippen molar-refractivity contribution in [3.63, 3.8) is 0 Å². The lowest BCUT2D eigenvalue weighted by Crippen LogP contribution is -2.30. The minimum Gasteiger partial charge on any atom is -0.493 e. The Kier molecular flexibility index (Phi) is 8.56. The van der Waals surface area contributed by atoms with Gasteiger partial charge in [0.25, 0.3) is 0 Å². The standard InChI is InChI=1S/C18H26ClNO3/c1-5-7-13(3)20-17(21)9-8-14-11-15(19)18(23-10-6-2)16(12-14)22-4/h8-9,11-13H,5-7,10H2,1-4H3,(H,20,21)/b9-8+. The maximum atomic E-state index is 11.9. The molecule has 1 rings (SSSR count). The SMILES string of the molecule is CCCOc1c(Cl)cc(/C=C/C(=O)NC(C)CCC)cc1OC. The number of hydrogen-bond acceptors (Lipinski definition) is 3. The van der Waals surface area contributed by atoms with Crippen LogP contribution in [0.25, 0.3) is 6.08 Å². The second-order valence-electron chi connectivity index (χ2n) is 5.41. The Morgan fingerprint density at radius 3 is 2.70 bits per heavy atom. The summed E-state index contributed by atoms with van der Waals surface area (Å²) in [7, 11) is 1.57. The Labute approximate surface area is 143 Å². The van der Waals surface area contributed by atoms with Gasteiger partial charge in [-0.05, 0) is 43.5 Å². The van der Waals surface area contributed by atoms with Gasteiger partial charge in [0, 0.05) is 12.1 Å². The highest BCUT2D eigenvalue weighted by molar-refractivity contribution is 6.32. The summed E-state index contributed by atoms with van der Waals surface area (Å²) in [6, 6.07) is 3.73. The molecule has 0 aromatic heterocycles. The third kappa shape index (κ3) is 6.53. The van der Waals surface area contributed by atoms with Crippen LogP contribution in [0.2, 0.25) is 5.02 Å². The van der Waals surface area contributed by atoms with Crippen LogP contribution in [0.3, 0.4) is 0 Å². The number of carbonyl (C=O) groups excluding carboxylic acids is 1. The Morgan fingerprint density at radius 2 is 2.09 bits per heavy atom. The monoisotopic (exact) mass is 339 g/mol. The van der Waals surface area contributed by atoms with E-state index in [1.807, 2.05) is 13.8 Å². The van der Waals surface area contributed by atoms with E-state index in [1.165, 1.54) is 6.08 Å². The second-order valence-corrected chi connectivity index (χ2v) is 5.82. The fourth-order valence-electron chi connectivity index (χ4n) is 2.15. The number of methoxy groups -OCH3 is 1. The highest BCUT2D eigenvalue weighted by Gasteiger charge is 2.11. The first-order chi connectivity index (χ1) is 11.0. The molecule has 0 aliphatic heterocycles. The fourth-order valence-corrected chi connectivity index (χ4v) is 2.42. The molecular weight excluding hydrogens is 314 g/mol. The van der Waals surface area contributed by atoms with E-state index in [-0.39, 0.29) is 11.9 Å². The van der Waals surface area contributed by atoms with Crippen molar-refractivity contribution >= 4 is 23.6 Å². The number of nitrogens with one attached hydrogen (secondary N) is 1. The van der Waals surface area contributed by atoms with Gasteiger partial charge in [-0.2, -0.15) is 0 Å². The van der Waals surface area contributed by atoms with Crippen molar-refractivity contribution < 1.29 is 14.3 Å². The highest BCUT2D eigenvalue weighted by atomic mass is 35.5. The Morgan fingerprint density at radius 1 is 1.35 bits per heavy atom. The van der Waals surface area contributed by atoms with Gasteiger partial charge in [0.2, 0.25) is 5.91 Å². The lowest BCUT2D eigenvalue weighted by Gasteiger charge is -2.13. The summed E-state index contributed by atoms with van der Waals surface area (Å²) in [6.07, 6.45) is 6.10. The molecule has 1 aromatic carbocycles. The van der Waals surface area contributed by atoms with Crippen LogP contribution >= 0.6 is 11.6 Å². The number of halogens is 1. The summed E-state index contributed by atoms with van der Waals surface area (Å²) in [6.45, 7) is 6.68. The number of benzene rings is 1. The van der Waals surface area contributed by atoms with Gasteiger partial charge < -0.3 is 14.8 Å². The molecule has 0 fully saturated rings. The topological polar surface area (TPSA) is 47.6 Å². The van der Waals surface area contributed by atoms with Crippen molar-refractivity contribution in [1.82, 2.24) is 5.32 Å². The Balaban J connectivity index is 2.82. The molecule has 4 nitrogen and oxygen atoms in total. The van der Waals surface area contributed by atoms with E-state index >= 15 is 0 Å². The van der Waals surface area contributed by atoms with Crippen molar-refractivity contribution in [3.05, 3.63) is 28.8 Å². The van der Waals surface area contributed by atoms with E-state index in [4.69, 9.17) is 21.1 Å². The second kappa shape index (κ2) is 10.2. The van der Waals surface area contributed by atoms with Crippen LogP contribution in [0.4, 0.5) is 0 Å². The third-order valence-corrected chi connectivity index (χ3v) is 3.52. The molecule has 0 aliphatic carbocycles. The zero-order valence-electron chi connectivity index (χ0n) is 14.3. The summed E-state index contributed by atoms with van der Waals surface area (Å²) in [4.78, 5) is 11.9. The van der Waals surface area contributed by atoms with E-state index in [0.717, 1.165) is 24.8 Å². The normalized spacial score (nSPS) is 12.2. The first-order valence-electron chi connectivity index (χ1n) is 8.00. The maximum absolute atomic E-state index is 11.9. The molecule has 0 aliphatic rings. The molecular formula is C18H26ClNO3. The van der Waals surface area contributed by atoms with E-state index in [0.29, 0.717) is 23.1 Å². The van der Waals surface area contributed by atoms with E-state index < -0.39 is 0 Å². The largest absolute Gasteiger partial charge is 0.493 e. The molecule has 23 heavy (non-hydrogen) atoms. The van der Waals surface area contributed by atoms with Crippen LogP contribution in [0.1, 0.15) is 45.6 Å². The molecule has 1 N–H and O–H groups in total. The van der Waals surface area contributed by atoms with Crippen LogP contribution in [0.15, 0.2) is 18.2 Å². The molecule has 0 saturated carbocycles. The lowest BCUT2D eigenvalue weighted by molar-refractivity contribution is -0.117. The number of carbonyl (C=O) groups is 1. The minimum atomic E-state index is -0.118. The van der Waals surface area contributed by atoms with Crippen LogP contribution in [-0.4, -0.2) is 25.7 Å². The first kappa shape index (κ1) is 19.4. The summed E-state index contributed by atoms with van der Waals surface area (Å²) < 4.78 is 10.9. The van der Waals surface area contributed by atoms with Crippen LogP contribution in [0, 0.1) is 0 Å². The third-order valence-electron chi connectivity index (χ3n) is 3.24. The Bertz CT molecular complexity index is 543. The molecule has 1 amide bonds. The number of rotatable bonds is 9. The maximum Gasteiger partial charge on any atom is 0.244 e. The van der Waals surface area contributed by atoms with Crippen molar-refractivity contribution in [1.29, 1.82) is 0 Å². The predicted molar refractivity (Wildman–Crippen MR) is 95.3 cm³/mol. The van der Waals surface area contributed by atoms with Crippen molar-refractivity contribution in [3.8, 4) is 11.5 Å². The zero-order valence-corrected chi connectivity index (χ0v) is 15.1. The van der Waals surface area contributed by atoms with Crippen LogP contribution in [0.5, 0.6) is 11.5 Å². The van der Waals surface area contributed by atoms with Gasteiger partial charge in [-0.1, -0.05) is 31.9 Å². The molecule has 0 spiro atoms. The Hall–Kier alpha value is -1.68. The van der Waals surface area contributed by atoms with Gasteiger partial charge in [0.05, 0.1) is 18.7 Å². The zero-order chi connectivity index (χ0) is 17.2. The average Bonchev–Trinajstić information content (AvgIpc) is 2.51. The summed E-state index contributed by atoms with van der Waals surface area (Å²) in [5.41, 5.74) is 0.786. The number of hydrogen-bond donors (Lipinski definition) is 1. The highest BCUT2D eigenvalue weighted by Crippen LogP contribution is 2.36. The molecule has 1 unspecified atom stereocenters. The van der Waals surface area contributed by atoms with Crippen molar-refractivity contribution in [2.45, 2.75) is 46.1 Å². The molecule has 5 heteroatoms. The molecule has 0 radical (unpaired) electrons. The van der Waals surface area contributed by atoms with Crippen molar-refractivity contribution in [2.24, 2.45) is 0 Å². The van der Waals surface area contributed by atoms with Gasteiger partial charge in [-0.3, -0.25) is 4.79 Å². The fraction of sp³-hybridized carbons (Fsp3) is 0.500. The minimum absolute atomic E-state index is 0.118. The van der Waals surface area contributed by atoms with Gasteiger partial charge >= 0.3 is 0 Å². The molecule has 0 saturated heterocycles. The summed E-state index contributed by atoms with van der Waals surface area (Å²) in [5, 5.41) is 3.39. The average molecular weight is 340 g/mol. The van der Waals surface area contributed by atoms with E-state index in [2.05, 4.69) is 12.2 Å². The van der Waals surface area contributed by atoms with Gasteiger partial charge in [-0.15, -0.1) is 0 Å². The number of ether oxygens (including phenoxy) is 2. The van der Waals surface area contributed by atoms with Crippen LogP contribution < -0.4 is 14.8 Å².